The van der Waals surface area contributed by atoms with Crippen LogP contribution in [0.2, 0.25) is 5.02 Å². The molecule has 0 atom stereocenters. The maximum absolute atomic E-state index is 12.0. The molecule has 9 heteroatoms. The highest BCUT2D eigenvalue weighted by Crippen LogP contribution is 2.14. The van der Waals surface area contributed by atoms with Crippen molar-refractivity contribution in [3.05, 3.63) is 52.4 Å². The van der Waals surface area contributed by atoms with Gasteiger partial charge in [-0.15, -0.1) is 11.3 Å². The molecule has 1 aromatic heterocycles. The third-order valence-electron chi connectivity index (χ3n) is 3.07. The van der Waals surface area contributed by atoms with Crippen LogP contribution in [0.4, 0.5) is 0 Å². The third kappa shape index (κ3) is 5.79. The maximum atomic E-state index is 12.0. The van der Waals surface area contributed by atoms with Crippen molar-refractivity contribution in [1.29, 1.82) is 0 Å². The largest absolute Gasteiger partial charge is 0.355 e. The Balaban J connectivity index is 1.73. The molecule has 0 saturated heterocycles. The molecule has 0 saturated carbocycles. The van der Waals surface area contributed by atoms with Crippen LogP contribution in [0.3, 0.4) is 0 Å². The van der Waals surface area contributed by atoms with Crippen LogP contribution < -0.4 is 15.4 Å². The Hall–Kier alpha value is -1.61. The van der Waals surface area contributed by atoms with E-state index in [0.29, 0.717) is 28.3 Å². The minimum Gasteiger partial charge on any atom is -0.355 e. The number of guanidine groups is 1. The number of sulfonamides is 1. The average molecular weight is 387 g/mol. The highest BCUT2D eigenvalue weighted by atomic mass is 35.5. The number of nitrogens with one attached hydrogen (secondary N) is 3. The summed E-state index contributed by atoms with van der Waals surface area (Å²) in [6.07, 6.45) is 0. The lowest BCUT2D eigenvalue weighted by atomic mass is 10.2. The molecule has 0 unspecified atom stereocenters. The van der Waals surface area contributed by atoms with E-state index in [9.17, 15) is 8.42 Å². The molecule has 0 radical (unpaired) electrons. The van der Waals surface area contributed by atoms with Crippen LogP contribution in [0.25, 0.3) is 0 Å². The molecule has 6 nitrogen and oxygen atoms in total. The van der Waals surface area contributed by atoms with Crippen LogP contribution in [-0.4, -0.2) is 34.5 Å². The topological polar surface area (TPSA) is 82.6 Å². The molecular formula is C15H19ClN4O2S2. The second-order valence-corrected chi connectivity index (χ2v) is 8.19. The number of benzene rings is 1. The first-order chi connectivity index (χ1) is 11.5. The number of aliphatic imine (C=N–C) groups is 1. The van der Waals surface area contributed by atoms with Gasteiger partial charge in [0, 0.05) is 31.7 Å². The molecule has 3 N–H and O–H groups in total. The van der Waals surface area contributed by atoms with Crippen molar-refractivity contribution >= 4 is 38.9 Å². The first-order valence-electron chi connectivity index (χ1n) is 7.23. The molecule has 130 valence electrons. The van der Waals surface area contributed by atoms with Gasteiger partial charge in [0.15, 0.2) is 5.96 Å². The number of hydrogen-bond acceptors (Lipinski definition) is 4. The van der Waals surface area contributed by atoms with Crippen molar-refractivity contribution < 1.29 is 8.42 Å². The number of thiophene rings is 1. The summed E-state index contributed by atoms with van der Waals surface area (Å²) in [6.45, 7) is 1.28. The molecule has 0 aliphatic rings. The minimum atomic E-state index is -3.43. The normalized spacial score (nSPS) is 12.2. The van der Waals surface area contributed by atoms with Crippen molar-refractivity contribution in [2.75, 3.05) is 20.1 Å². The standard InChI is InChI=1S/C15H19ClN4O2S2/c1-17-15(19-11-12-4-6-13(16)7-5-12)18-8-9-20-24(21,22)14-3-2-10-23-14/h2-7,10,20H,8-9,11H2,1H3,(H2,17,18,19). The Morgan fingerprint density at radius 2 is 1.92 bits per heavy atom. The van der Waals surface area contributed by atoms with Gasteiger partial charge < -0.3 is 10.6 Å². The Labute approximate surface area is 151 Å². The molecule has 0 bridgehead atoms. The van der Waals surface area contributed by atoms with Gasteiger partial charge in [-0.25, -0.2) is 13.1 Å². The lowest BCUT2D eigenvalue weighted by Gasteiger charge is -2.12. The SMILES string of the molecule is CN=C(NCCNS(=O)(=O)c1cccs1)NCc1ccc(Cl)cc1. The Bertz CT molecular complexity index is 759. The highest BCUT2D eigenvalue weighted by Gasteiger charge is 2.13. The molecule has 0 aliphatic carbocycles. The summed E-state index contributed by atoms with van der Waals surface area (Å²) in [5.74, 6) is 0.597. The van der Waals surface area contributed by atoms with E-state index in [1.165, 1.54) is 11.3 Å². The molecule has 2 rings (SSSR count). The van der Waals surface area contributed by atoms with Gasteiger partial charge in [-0.05, 0) is 29.1 Å². The van der Waals surface area contributed by atoms with E-state index in [0.717, 1.165) is 5.56 Å². The van der Waals surface area contributed by atoms with Gasteiger partial charge in [0.1, 0.15) is 4.21 Å². The zero-order chi connectivity index (χ0) is 17.4. The zero-order valence-corrected chi connectivity index (χ0v) is 15.5. The molecule has 0 amide bonds. The van der Waals surface area contributed by atoms with E-state index in [2.05, 4.69) is 20.3 Å². The molecular weight excluding hydrogens is 368 g/mol. The van der Waals surface area contributed by atoms with Crippen molar-refractivity contribution in [2.24, 2.45) is 4.99 Å². The third-order valence-corrected chi connectivity index (χ3v) is 6.18. The number of rotatable bonds is 7. The van der Waals surface area contributed by atoms with Gasteiger partial charge in [-0.3, -0.25) is 4.99 Å². The van der Waals surface area contributed by atoms with Crippen molar-refractivity contribution in [2.45, 2.75) is 10.8 Å². The van der Waals surface area contributed by atoms with Crippen molar-refractivity contribution in [1.82, 2.24) is 15.4 Å². The summed E-state index contributed by atoms with van der Waals surface area (Å²) in [5.41, 5.74) is 1.07. The summed E-state index contributed by atoms with van der Waals surface area (Å²) in [5, 5.41) is 8.63. The number of halogens is 1. The second-order valence-electron chi connectivity index (χ2n) is 4.81. The first-order valence-corrected chi connectivity index (χ1v) is 9.97. The fourth-order valence-electron chi connectivity index (χ4n) is 1.86. The van der Waals surface area contributed by atoms with Crippen molar-refractivity contribution in [3.63, 3.8) is 0 Å². The molecule has 0 fully saturated rings. The smallest absolute Gasteiger partial charge is 0.250 e. The molecule has 24 heavy (non-hydrogen) atoms. The lowest BCUT2D eigenvalue weighted by molar-refractivity contribution is 0.582. The van der Waals surface area contributed by atoms with E-state index < -0.39 is 10.0 Å². The maximum Gasteiger partial charge on any atom is 0.250 e. The minimum absolute atomic E-state index is 0.266. The van der Waals surface area contributed by atoms with Gasteiger partial charge in [-0.2, -0.15) is 0 Å². The zero-order valence-electron chi connectivity index (χ0n) is 13.1. The first kappa shape index (κ1) is 18.7. The van der Waals surface area contributed by atoms with Crippen molar-refractivity contribution in [3.8, 4) is 0 Å². The lowest BCUT2D eigenvalue weighted by Crippen LogP contribution is -2.41. The Morgan fingerprint density at radius 3 is 2.54 bits per heavy atom. The fraction of sp³-hybridized carbons (Fsp3) is 0.267. The number of hydrogen-bond donors (Lipinski definition) is 3. The molecule has 0 spiro atoms. The second kappa shape index (κ2) is 9.03. The quantitative estimate of drug-likeness (QED) is 0.386. The van der Waals surface area contributed by atoms with E-state index in [1.54, 1.807) is 24.6 Å². The summed E-state index contributed by atoms with van der Waals surface area (Å²) in [6, 6.07) is 10.8. The number of nitrogens with zero attached hydrogens (tertiary/aromatic N) is 1. The predicted molar refractivity (Wildman–Crippen MR) is 99.2 cm³/mol. The summed E-state index contributed by atoms with van der Waals surface area (Å²) >= 11 is 7.04. The molecule has 0 aliphatic heterocycles. The highest BCUT2D eigenvalue weighted by molar-refractivity contribution is 7.91. The van der Waals surface area contributed by atoms with Gasteiger partial charge >= 0.3 is 0 Å². The summed E-state index contributed by atoms with van der Waals surface area (Å²) < 4.78 is 26.8. The van der Waals surface area contributed by atoms with Crippen LogP contribution >= 0.6 is 22.9 Å². The van der Waals surface area contributed by atoms with E-state index >= 15 is 0 Å². The fourth-order valence-corrected chi connectivity index (χ4v) is 4.06. The molecule has 1 heterocycles. The average Bonchev–Trinajstić information content (AvgIpc) is 3.11. The van der Waals surface area contributed by atoms with Gasteiger partial charge in [0.2, 0.25) is 10.0 Å². The molecule has 2 aromatic rings. The van der Waals surface area contributed by atoms with Crippen LogP contribution in [-0.2, 0) is 16.6 Å². The van der Waals surface area contributed by atoms with E-state index in [1.807, 2.05) is 24.3 Å². The van der Waals surface area contributed by atoms with Crippen LogP contribution in [0.1, 0.15) is 5.56 Å². The monoisotopic (exact) mass is 386 g/mol. The van der Waals surface area contributed by atoms with E-state index in [-0.39, 0.29) is 6.54 Å². The summed E-state index contributed by atoms with van der Waals surface area (Å²) in [7, 11) is -1.77. The van der Waals surface area contributed by atoms with Gasteiger partial charge in [0.25, 0.3) is 0 Å². The van der Waals surface area contributed by atoms with Crippen LogP contribution in [0.15, 0.2) is 51.0 Å². The Morgan fingerprint density at radius 1 is 1.17 bits per heavy atom. The van der Waals surface area contributed by atoms with Crippen LogP contribution in [0.5, 0.6) is 0 Å². The molecule has 1 aromatic carbocycles. The van der Waals surface area contributed by atoms with E-state index in [4.69, 9.17) is 11.6 Å². The van der Waals surface area contributed by atoms with Gasteiger partial charge in [-0.1, -0.05) is 29.8 Å². The summed E-state index contributed by atoms with van der Waals surface area (Å²) in [4.78, 5) is 4.10. The predicted octanol–water partition coefficient (Wildman–Crippen LogP) is 2.04. The Kier molecular flexibility index (Phi) is 7.04. The van der Waals surface area contributed by atoms with Gasteiger partial charge in [0.05, 0.1) is 0 Å². The van der Waals surface area contributed by atoms with Crippen LogP contribution in [0, 0.1) is 0 Å².